The molecule has 4 aromatic carbocycles. The number of hydrogen-bond donors (Lipinski definition) is 3. The summed E-state index contributed by atoms with van der Waals surface area (Å²) in [7, 11) is 1.57. The van der Waals surface area contributed by atoms with Crippen LogP contribution < -0.4 is 9.47 Å². The van der Waals surface area contributed by atoms with Gasteiger partial charge in [-0.25, -0.2) is 0 Å². The molecule has 0 aliphatic heterocycles. The Morgan fingerprint density at radius 1 is 0.932 bits per heavy atom. The van der Waals surface area contributed by atoms with E-state index in [1.807, 2.05) is 53.4 Å². The SMILES string of the molecule is COc1ccc(C(=O)c2cc3ccc2[C@@H]2CC[C@@](O)(CN(Cc4ccc(OC(F)(F)F)cc4)C[C@@H](O)COCc4ccccc4)[C@@]2(C)CCC=C(C)CC[C@H](O)C3)cc1. The van der Waals surface area contributed by atoms with Crippen molar-refractivity contribution in [3.05, 3.63) is 142 Å². The maximum atomic E-state index is 14.5. The first-order chi connectivity index (χ1) is 28.1. The van der Waals surface area contributed by atoms with Crippen molar-refractivity contribution >= 4 is 5.78 Å². The van der Waals surface area contributed by atoms with E-state index >= 15 is 0 Å². The number of benzene rings is 4. The standard InChI is InChI=1S/C48H56F3NO7/c1-33-8-7-24-46(2)44(42-22-14-36(26-38(53)17-11-33)27-43(42)45(55)37-15-20-40(57-3)21-16-37)23-25-47(46,56)32-52(28-34-12-18-41(19-13-34)59-48(49,50)51)29-39(54)31-58-30-35-9-5-4-6-10-35/h4-6,8-10,12-16,18-22,27,38-39,44,53-54,56H,7,11,17,23-26,28-32H2,1-3H3/t38-,39+,44-,46-,47+/m0/s1. The van der Waals surface area contributed by atoms with Gasteiger partial charge in [0.1, 0.15) is 11.5 Å². The highest BCUT2D eigenvalue weighted by Crippen LogP contribution is 2.59. The first-order valence-electron chi connectivity index (χ1n) is 20.4. The predicted molar refractivity (Wildman–Crippen MR) is 220 cm³/mol. The topological polar surface area (TPSA) is 109 Å². The number of carbonyl (C=O) groups is 1. The number of methoxy groups -OCH3 is 1. The summed E-state index contributed by atoms with van der Waals surface area (Å²) in [6, 6.07) is 28.1. The Kier molecular flexibility index (Phi) is 14.4. The molecule has 3 aliphatic carbocycles. The number of aliphatic hydroxyl groups is 3. The van der Waals surface area contributed by atoms with Crippen LogP contribution in [0.15, 0.2) is 109 Å². The minimum absolute atomic E-state index is 0.0318. The van der Waals surface area contributed by atoms with Gasteiger partial charge in [-0.3, -0.25) is 9.69 Å². The smallest absolute Gasteiger partial charge is 0.497 e. The van der Waals surface area contributed by atoms with E-state index in [2.05, 4.69) is 24.7 Å². The summed E-state index contributed by atoms with van der Waals surface area (Å²) in [6.07, 6.45) is -0.225. The molecule has 1 saturated carbocycles. The molecule has 0 aromatic heterocycles. The van der Waals surface area contributed by atoms with E-state index in [0.717, 1.165) is 22.3 Å². The predicted octanol–water partition coefficient (Wildman–Crippen LogP) is 8.94. The number of nitrogens with zero attached hydrogens (tertiary/aromatic N) is 1. The van der Waals surface area contributed by atoms with Gasteiger partial charge in [0, 0.05) is 36.2 Å². The number of allylic oxidation sites excluding steroid dienone is 2. The lowest BCUT2D eigenvalue weighted by atomic mass is 9.64. The summed E-state index contributed by atoms with van der Waals surface area (Å²) in [5.41, 5.74) is 3.45. The Hall–Kier alpha value is -4.52. The number of aliphatic hydroxyl groups excluding tert-OH is 2. The molecule has 0 saturated heterocycles. The van der Waals surface area contributed by atoms with Crippen LogP contribution in [-0.4, -0.2) is 77.0 Å². The maximum Gasteiger partial charge on any atom is 0.573 e. The first-order valence-corrected chi connectivity index (χ1v) is 20.4. The zero-order valence-electron chi connectivity index (χ0n) is 34.1. The lowest BCUT2D eigenvalue weighted by molar-refractivity contribution is -0.274. The minimum Gasteiger partial charge on any atom is -0.497 e. The van der Waals surface area contributed by atoms with Crippen LogP contribution in [0, 0.1) is 5.41 Å². The zero-order chi connectivity index (χ0) is 42.2. The number of alkyl halides is 3. The van der Waals surface area contributed by atoms with Gasteiger partial charge >= 0.3 is 6.36 Å². The van der Waals surface area contributed by atoms with Crippen molar-refractivity contribution in [2.24, 2.45) is 5.41 Å². The van der Waals surface area contributed by atoms with E-state index in [1.165, 1.54) is 12.1 Å². The van der Waals surface area contributed by atoms with Crippen LogP contribution >= 0.6 is 0 Å². The molecule has 0 spiro atoms. The quantitative estimate of drug-likeness (QED) is 0.0856. The molecular formula is C48H56F3NO7. The van der Waals surface area contributed by atoms with Gasteiger partial charge < -0.3 is 29.5 Å². The first kappa shape index (κ1) is 44.0. The second-order valence-electron chi connectivity index (χ2n) is 16.5. The van der Waals surface area contributed by atoms with E-state index in [4.69, 9.17) is 9.47 Å². The zero-order valence-corrected chi connectivity index (χ0v) is 34.1. The lowest BCUT2D eigenvalue weighted by Crippen LogP contribution is -2.53. The maximum absolute atomic E-state index is 14.5. The fourth-order valence-electron chi connectivity index (χ4n) is 8.94. The van der Waals surface area contributed by atoms with Crippen molar-refractivity contribution in [1.82, 2.24) is 4.90 Å². The molecule has 59 heavy (non-hydrogen) atoms. The van der Waals surface area contributed by atoms with E-state index in [1.54, 1.807) is 43.5 Å². The Morgan fingerprint density at radius 3 is 2.34 bits per heavy atom. The van der Waals surface area contributed by atoms with E-state index in [9.17, 15) is 33.3 Å². The summed E-state index contributed by atoms with van der Waals surface area (Å²) in [6.45, 7) is 4.99. The fourth-order valence-corrected chi connectivity index (χ4v) is 8.94. The largest absolute Gasteiger partial charge is 0.573 e. The molecule has 11 heteroatoms. The van der Waals surface area contributed by atoms with E-state index in [-0.39, 0.29) is 43.7 Å². The molecule has 0 heterocycles. The number of rotatable bonds is 14. The van der Waals surface area contributed by atoms with Crippen LogP contribution in [0.1, 0.15) is 96.5 Å². The minimum atomic E-state index is -4.82. The van der Waals surface area contributed by atoms with Gasteiger partial charge in [0.25, 0.3) is 0 Å². The van der Waals surface area contributed by atoms with Crippen LogP contribution in [0.3, 0.4) is 0 Å². The molecule has 4 aromatic rings. The molecule has 3 aliphatic rings. The molecule has 7 rings (SSSR count). The average molecular weight is 816 g/mol. The lowest BCUT2D eigenvalue weighted by Gasteiger charge is -2.46. The van der Waals surface area contributed by atoms with E-state index in [0.29, 0.717) is 74.0 Å². The highest BCUT2D eigenvalue weighted by molar-refractivity contribution is 6.10. The number of halogens is 3. The Bertz CT molecular complexity index is 2020. The third kappa shape index (κ3) is 11.4. The Labute approximate surface area is 345 Å². The average Bonchev–Trinajstić information content (AvgIpc) is 3.45. The van der Waals surface area contributed by atoms with Crippen LogP contribution in [-0.2, 0) is 24.3 Å². The van der Waals surface area contributed by atoms with Gasteiger partial charge in [-0.1, -0.05) is 73.2 Å². The van der Waals surface area contributed by atoms with Crippen molar-refractivity contribution in [2.75, 3.05) is 26.8 Å². The molecule has 0 unspecified atom stereocenters. The number of ether oxygens (including phenoxy) is 3. The molecule has 2 bridgehead atoms. The van der Waals surface area contributed by atoms with Crippen LogP contribution in [0.2, 0.25) is 0 Å². The number of fused-ring (bicyclic) bond motifs is 8. The van der Waals surface area contributed by atoms with Crippen molar-refractivity contribution in [2.45, 2.75) is 102 Å². The van der Waals surface area contributed by atoms with Gasteiger partial charge in [0.15, 0.2) is 5.78 Å². The number of ketones is 1. The van der Waals surface area contributed by atoms with Gasteiger partial charge in [-0.2, -0.15) is 0 Å². The summed E-state index contributed by atoms with van der Waals surface area (Å²) in [4.78, 5) is 16.4. The summed E-state index contributed by atoms with van der Waals surface area (Å²) in [5, 5.41) is 35.5. The molecule has 1 fully saturated rings. The second-order valence-corrected chi connectivity index (χ2v) is 16.5. The van der Waals surface area contributed by atoms with Crippen LogP contribution in [0.25, 0.3) is 0 Å². The van der Waals surface area contributed by atoms with Crippen molar-refractivity contribution in [1.29, 1.82) is 0 Å². The monoisotopic (exact) mass is 815 g/mol. The molecule has 8 nitrogen and oxygen atoms in total. The third-order valence-electron chi connectivity index (χ3n) is 12.2. The summed E-state index contributed by atoms with van der Waals surface area (Å²) in [5.74, 6) is -0.0960. The number of carbonyl (C=O) groups excluding carboxylic acids is 1. The van der Waals surface area contributed by atoms with Gasteiger partial charge in [-0.05, 0) is 123 Å². The Balaban J connectivity index is 1.34. The van der Waals surface area contributed by atoms with Crippen LogP contribution in [0.4, 0.5) is 13.2 Å². The Morgan fingerprint density at radius 2 is 1.64 bits per heavy atom. The molecule has 0 radical (unpaired) electrons. The van der Waals surface area contributed by atoms with Crippen molar-refractivity contribution in [3.8, 4) is 11.5 Å². The fraction of sp³-hybridized carbons (Fsp3) is 0.438. The van der Waals surface area contributed by atoms with Crippen LogP contribution in [0.5, 0.6) is 11.5 Å². The third-order valence-corrected chi connectivity index (χ3v) is 12.2. The molecular weight excluding hydrogens is 760 g/mol. The highest BCUT2D eigenvalue weighted by atomic mass is 19.4. The summed E-state index contributed by atoms with van der Waals surface area (Å²) < 4.78 is 54.2. The second kappa shape index (κ2) is 19.2. The van der Waals surface area contributed by atoms with Crippen molar-refractivity contribution < 1.29 is 47.5 Å². The highest BCUT2D eigenvalue weighted by Gasteiger charge is 2.57. The normalized spacial score (nSPS) is 23.0. The molecule has 316 valence electrons. The number of hydrogen-bond acceptors (Lipinski definition) is 8. The summed E-state index contributed by atoms with van der Waals surface area (Å²) >= 11 is 0. The van der Waals surface area contributed by atoms with Gasteiger partial charge in [0.2, 0.25) is 0 Å². The molecule has 0 amide bonds. The molecule has 5 atom stereocenters. The van der Waals surface area contributed by atoms with Gasteiger partial charge in [-0.15, -0.1) is 13.2 Å². The molecule has 3 N–H and O–H groups in total. The van der Waals surface area contributed by atoms with Gasteiger partial charge in [0.05, 0.1) is 38.1 Å². The van der Waals surface area contributed by atoms with Crippen molar-refractivity contribution in [3.63, 3.8) is 0 Å². The van der Waals surface area contributed by atoms with E-state index < -0.39 is 29.6 Å².